The Morgan fingerprint density at radius 1 is 1.17 bits per heavy atom. The minimum absolute atomic E-state index is 0.0381. The highest BCUT2D eigenvalue weighted by Crippen LogP contribution is 2.39. The molecule has 5 rings (SSSR count). The molecule has 252 valence electrons. The Hall–Kier alpha value is -4.20. The summed E-state index contributed by atoms with van der Waals surface area (Å²) in [6.45, 7) is 2.68. The topological polar surface area (TPSA) is 155 Å². The summed E-state index contributed by atoms with van der Waals surface area (Å²) >= 11 is 12.1. The Morgan fingerprint density at radius 3 is 2.64 bits per heavy atom. The highest BCUT2D eigenvalue weighted by atomic mass is 35.5. The molecule has 0 spiro atoms. The van der Waals surface area contributed by atoms with Crippen molar-refractivity contribution >= 4 is 64.6 Å². The molecule has 15 heteroatoms. The van der Waals surface area contributed by atoms with Gasteiger partial charge in [-0.05, 0) is 76.7 Å². The Bertz CT molecular complexity index is 1630. The third-order valence-electron chi connectivity index (χ3n) is 7.77. The van der Waals surface area contributed by atoms with Crippen LogP contribution in [0.1, 0.15) is 62.4 Å². The first-order chi connectivity index (χ1) is 22.4. The molecule has 3 aromatic rings. The lowest BCUT2D eigenvalue weighted by atomic mass is 9.97. The lowest BCUT2D eigenvalue weighted by Crippen LogP contribution is -2.26. The van der Waals surface area contributed by atoms with Gasteiger partial charge in [0, 0.05) is 17.2 Å². The Morgan fingerprint density at radius 2 is 1.94 bits per heavy atom. The molecule has 2 aromatic carbocycles. The minimum Gasteiger partial charge on any atom is -0.453 e. The van der Waals surface area contributed by atoms with Gasteiger partial charge < -0.3 is 29.5 Å². The van der Waals surface area contributed by atoms with Gasteiger partial charge in [-0.15, -0.1) is 0 Å². The van der Waals surface area contributed by atoms with E-state index in [2.05, 4.69) is 30.7 Å². The van der Waals surface area contributed by atoms with Crippen molar-refractivity contribution in [2.45, 2.75) is 51.0 Å². The first-order valence-electron chi connectivity index (χ1n) is 15.0. The molecule has 2 bridgehead atoms. The first kappa shape index (κ1) is 35.7. The number of cyclic esters (lactones) is 1. The van der Waals surface area contributed by atoms with Gasteiger partial charge in [0.15, 0.2) is 5.82 Å². The average molecular weight is 692 g/mol. The van der Waals surface area contributed by atoms with Crippen LogP contribution in [0.2, 0.25) is 10.2 Å². The van der Waals surface area contributed by atoms with Crippen molar-refractivity contribution in [2.75, 3.05) is 43.7 Å². The molecule has 0 saturated carbocycles. The van der Waals surface area contributed by atoms with E-state index in [1.54, 1.807) is 24.3 Å². The number of ether oxygens (including phenoxy) is 2. The van der Waals surface area contributed by atoms with E-state index in [-0.39, 0.29) is 22.0 Å². The molecule has 47 heavy (non-hydrogen) atoms. The lowest BCUT2D eigenvalue weighted by molar-refractivity contribution is -0.119. The van der Waals surface area contributed by atoms with Gasteiger partial charge >= 0.3 is 12.2 Å². The summed E-state index contributed by atoms with van der Waals surface area (Å²) in [5.41, 5.74) is 2.68. The highest BCUT2D eigenvalue weighted by molar-refractivity contribution is 6.32. The van der Waals surface area contributed by atoms with Crippen LogP contribution in [-0.4, -0.2) is 67.0 Å². The van der Waals surface area contributed by atoms with E-state index >= 15 is 0 Å². The lowest BCUT2D eigenvalue weighted by Gasteiger charge is -2.27. The van der Waals surface area contributed by atoms with Gasteiger partial charge in [0.05, 0.1) is 35.0 Å². The predicted molar refractivity (Wildman–Crippen MR) is 178 cm³/mol. The Kier molecular flexibility index (Phi) is 12.2. The second-order valence-corrected chi connectivity index (χ2v) is 12.3. The van der Waals surface area contributed by atoms with Crippen LogP contribution in [-0.2, 0) is 19.1 Å². The number of carbonyl (C=O) groups is 4. The van der Waals surface area contributed by atoms with Crippen molar-refractivity contribution < 1.29 is 33.0 Å². The number of benzene rings is 2. The fraction of sp³-hybridized carbons (Fsp3) is 0.406. The summed E-state index contributed by atoms with van der Waals surface area (Å²) in [7, 11) is 5.18. The van der Waals surface area contributed by atoms with Gasteiger partial charge in [0.2, 0.25) is 5.91 Å². The third-order valence-corrected chi connectivity index (χ3v) is 8.34. The SMILES string of the molecule is CN(C)CCCC1OC(=O)Nc2ccc(Cl)c(F)c21.COC(=O)Nc1ccc2c(c1)NC(=O)C(C)CCCC(C=O)c1nc-2c(Cl)[nH]1. The van der Waals surface area contributed by atoms with Crippen LogP contribution in [0.4, 0.5) is 31.0 Å². The van der Waals surface area contributed by atoms with Gasteiger partial charge in [-0.1, -0.05) is 36.5 Å². The maximum atomic E-state index is 14.1. The second kappa shape index (κ2) is 16.1. The first-order valence-corrected chi connectivity index (χ1v) is 15.8. The van der Waals surface area contributed by atoms with Crippen molar-refractivity contribution in [3.05, 3.63) is 57.7 Å². The summed E-state index contributed by atoms with van der Waals surface area (Å²) in [6.07, 6.45) is 2.37. The molecule has 3 atom stereocenters. The number of H-pyrrole nitrogens is 1. The molecular formula is C32H37Cl2FN6O6. The summed E-state index contributed by atoms with van der Waals surface area (Å²) < 4.78 is 23.8. The van der Waals surface area contributed by atoms with E-state index in [0.29, 0.717) is 65.4 Å². The van der Waals surface area contributed by atoms with E-state index in [4.69, 9.17) is 27.9 Å². The predicted octanol–water partition coefficient (Wildman–Crippen LogP) is 7.37. The minimum atomic E-state index is -0.623. The van der Waals surface area contributed by atoms with E-state index in [0.717, 1.165) is 19.3 Å². The Labute approximate surface area is 281 Å². The number of anilines is 3. The van der Waals surface area contributed by atoms with Gasteiger partial charge in [-0.2, -0.15) is 0 Å². The maximum Gasteiger partial charge on any atom is 0.412 e. The molecular weight excluding hydrogens is 654 g/mol. The molecule has 3 amide bonds. The van der Waals surface area contributed by atoms with Crippen LogP contribution >= 0.6 is 23.2 Å². The molecule has 0 saturated heterocycles. The second-order valence-electron chi connectivity index (χ2n) is 11.5. The van der Waals surface area contributed by atoms with Crippen molar-refractivity contribution in [3.63, 3.8) is 0 Å². The van der Waals surface area contributed by atoms with Gasteiger partial charge in [0.1, 0.15) is 29.1 Å². The van der Waals surface area contributed by atoms with Gasteiger partial charge in [-0.25, -0.2) is 19.0 Å². The van der Waals surface area contributed by atoms with E-state index in [9.17, 15) is 23.6 Å². The number of halogens is 3. The Balaban J connectivity index is 0.000000229. The van der Waals surface area contributed by atoms with Crippen LogP contribution < -0.4 is 16.0 Å². The van der Waals surface area contributed by atoms with Crippen LogP contribution in [0.15, 0.2) is 30.3 Å². The number of nitrogens with zero attached hydrogens (tertiary/aromatic N) is 2. The number of carbonyl (C=O) groups excluding carboxylic acids is 4. The molecule has 3 unspecified atom stereocenters. The fourth-order valence-corrected chi connectivity index (χ4v) is 5.64. The van der Waals surface area contributed by atoms with Crippen LogP contribution in [0.25, 0.3) is 11.3 Å². The van der Waals surface area contributed by atoms with Gasteiger partial charge in [0.25, 0.3) is 0 Å². The monoisotopic (exact) mass is 690 g/mol. The van der Waals surface area contributed by atoms with Gasteiger partial charge in [-0.3, -0.25) is 15.4 Å². The molecule has 12 nitrogen and oxygen atoms in total. The van der Waals surface area contributed by atoms with Crippen molar-refractivity contribution in [1.29, 1.82) is 0 Å². The third kappa shape index (κ3) is 8.99. The maximum absolute atomic E-state index is 14.1. The summed E-state index contributed by atoms with van der Waals surface area (Å²) in [6, 6.07) is 7.99. The van der Waals surface area contributed by atoms with Crippen LogP contribution in [0, 0.1) is 11.7 Å². The number of aldehydes is 1. The molecule has 0 aliphatic carbocycles. The summed E-state index contributed by atoms with van der Waals surface area (Å²) in [5.74, 6) is -0.837. The normalized spacial score (nSPS) is 18.9. The smallest absolute Gasteiger partial charge is 0.412 e. The highest BCUT2D eigenvalue weighted by Gasteiger charge is 2.30. The van der Waals surface area contributed by atoms with Crippen LogP contribution in [0.3, 0.4) is 0 Å². The number of imidazole rings is 1. The number of fused-ring (bicyclic) bond motifs is 5. The van der Waals surface area contributed by atoms with E-state index < -0.39 is 30.0 Å². The molecule has 2 aliphatic rings. The molecule has 2 aliphatic heterocycles. The zero-order valence-corrected chi connectivity index (χ0v) is 27.9. The number of methoxy groups -OCH3 is 1. The summed E-state index contributed by atoms with van der Waals surface area (Å²) in [5, 5.41) is 8.26. The fourth-order valence-electron chi connectivity index (χ4n) is 5.24. The number of aromatic nitrogens is 2. The molecule has 3 heterocycles. The average Bonchev–Trinajstić information content (AvgIpc) is 3.41. The number of hydrogen-bond donors (Lipinski definition) is 4. The van der Waals surface area contributed by atoms with Crippen molar-refractivity contribution in [2.24, 2.45) is 5.92 Å². The van der Waals surface area contributed by atoms with E-state index in [1.165, 1.54) is 13.2 Å². The quantitative estimate of drug-likeness (QED) is 0.195. The van der Waals surface area contributed by atoms with E-state index in [1.807, 2.05) is 25.9 Å². The number of amides is 3. The number of rotatable bonds is 6. The summed E-state index contributed by atoms with van der Waals surface area (Å²) in [4.78, 5) is 56.6. The zero-order valence-electron chi connectivity index (χ0n) is 26.4. The largest absolute Gasteiger partial charge is 0.453 e. The molecule has 0 fully saturated rings. The number of nitrogens with one attached hydrogen (secondary N) is 4. The molecule has 0 radical (unpaired) electrons. The molecule has 4 N–H and O–H groups in total. The number of aromatic amines is 1. The van der Waals surface area contributed by atoms with Crippen molar-refractivity contribution in [1.82, 2.24) is 14.9 Å². The number of hydrogen-bond acceptors (Lipinski definition) is 8. The standard InChI is InChI=1S/C19H21ClN4O4.C13H16ClFN2O2/c1-10-4-3-5-11(9-25)17-23-15(16(20)24-17)13-7-6-12(21-19(27)28-2)8-14(13)22-18(10)26;1-17(2)7-3-4-10-11-9(16-13(18)19-10)6-5-8(14)12(11)15/h6-11H,3-5H2,1-2H3,(H,21,27)(H,22,26)(H,23,24);5-6,10H,3-4,7H2,1-2H3,(H,16,18). The van der Waals surface area contributed by atoms with Crippen molar-refractivity contribution in [3.8, 4) is 11.3 Å². The zero-order chi connectivity index (χ0) is 34.2. The molecule has 1 aromatic heterocycles. The van der Waals surface area contributed by atoms with Crippen LogP contribution in [0.5, 0.6) is 0 Å².